The van der Waals surface area contributed by atoms with E-state index in [4.69, 9.17) is 0 Å². The molecular weight excluding hydrogens is 320 g/mol. The number of hydrogen-bond acceptors (Lipinski definition) is 2. The molecule has 0 fully saturated rings. The second-order valence-corrected chi connectivity index (χ2v) is 6.48. The third-order valence-corrected chi connectivity index (χ3v) is 4.60. The molecule has 1 N–H and O–H groups in total. The van der Waals surface area contributed by atoms with Crippen LogP contribution in [0.15, 0.2) is 78.9 Å². The van der Waals surface area contributed by atoms with Crippen LogP contribution in [0.3, 0.4) is 0 Å². The Morgan fingerprint density at radius 2 is 1.38 bits per heavy atom. The molecule has 0 saturated heterocycles. The van der Waals surface area contributed by atoms with E-state index in [1.54, 1.807) is 0 Å². The Morgan fingerprint density at radius 3 is 2.08 bits per heavy atom. The van der Waals surface area contributed by atoms with E-state index in [1.165, 1.54) is 5.56 Å². The highest BCUT2D eigenvalue weighted by Gasteiger charge is 2.22. The highest BCUT2D eigenvalue weighted by atomic mass is 16.3. The summed E-state index contributed by atoms with van der Waals surface area (Å²) in [4.78, 5) is 0. The smallest absolute Gasteiger partial charge is 0.239 e. The van der Waals surface area contributed by atoms with Crippen LogP contribution < -0.4 is 0 Å². The van der Waals surface area contributed by atoms with E-state index in [0.29, 0.717) is 0 Å². The van der Waals surface area contributed by atoms with Crippen LogP contribution in [-0.4, -0.2) is 14.9 Å². The number of hydrogen-bond donors (Lipinski definition) is 1. The zero-order valence-corrected chi connectivity index (χ0v) is 14.8. The molecule has 4 aromatic rings. The molecule has 3 nitrogen and oxygen atoms in total. The summed E-state index contributed by atoms with van der Waals surface area (Å²) in [5, 5.41) is 15.2. The molecule has 0 bridgehead atoms. The average Bonchev–Trinajstić information content (AvgIpc) is 3.00. The van der Waals surface area contributed by atoms with Gasteiger partial charge < -0.3 is 5.11 Å². The summed E-state index contributed by atoms with van der Waals surface area (Å²) < 4.78 is 1.84. The van der Waals surface area contributed by atoms with Crippen molar-refractivity contribution in [2.24, 2.45) is 0 Å². The molecule has 0 aliphatic carbocycles. The van der Waals surface area contributed by atoms with Crippen LogP contribution in [0.4, 0.5) is 0 Å². The minimum absolute atomic E-state index is 0.0371. The van der Waals surface area contributed by atoms with Gasteiger partial charge in [-0.1, -0.05) is 78.4 Å². The Hall–Kier alpha value is -3.33. The molecule has 0 aliphatic heterocycles. The van der Waals surface area contributed by atoms with Crippen molar-refractivity contribution in [2.45, 2.75) is 13.8 Å². The van der Waals surface area contributed by atoms with Gasteiger partial charge in [-0.3, -0.25) is 0 Å². The molecule has 0 saturated carbocycles. The number of benzene rings is 3. The summed E-state index contributed by atoms with van der Waals surface area (Å²) in [5.41, 5.74) is 6.86. The molecule has 0 spiro atoms. The van der Waals surface area contributed by atoms with Gasteiger partial charge in [-0.25, -0.2) is 4.68 Å². The van der Waals surface area contributed by atoms with Gasteiger partial charge in [0.05, 0.1) is 16.9 Å². The maximum absolute atomic E-state index is 10.7. The number of aromatic hydroxyl groups is 1. The van der Waals surface area contributed by atoms with E-state index < -0.39 is 0 Å². The molecule has 128 valence electrons. The summed E-state index contributed by atoms with van der Waals surface area (Å²) in [6.07, 6.45) is 0. The fraction of sp³-hybridized carbons (Fsp3) is 0.0870. The van der Waals surface area contributed by atoms with Gasteiger partial charge in [-0.05, 0) is 31.0 Å². The van der Waals surface area contributed by atoms with E-state index in [0.717, 1.165) is 33.6 Å². The van der Waals surface area contributed by atoms with E-state index in [-0.39, 0.29) is 5.88 Å². The van der Waals surface area contributed by atoms with E-state index >= 15 is 0 Å². The Morgan fingerprint density at radius 1 is 0.731 bits per heavy atom. The van der Waals surface area contributed by atoms with Crippen LogP contribution in [0.25, 0.3) is 28.1 Å². The van der Waals surface area contributed by atoms with Crippen molar-refractivity contribution in [1.82, 2.24) is 9.78 Å². The number of rotatable bonds is 3. The van der Waals surface area contributed by atoms with Gasteiger partial charge in [0.25, 0.3) is 0 Å². The lowest BCUT2D eigenvalue weighted by atomic mass is 10.00. The number of nitrogens with zero attached hydrogens (tertiary/aromatic N) is 2. The molecule has 3 heteroatoms. The van der Waals surface area contributed by atoms with Crippen molar-refractivity contribution in [3.05, 3.63) is 90.0 Å². The molecule has 0 amide bonds. The van der Waals surface area contributed by atoms with E-state index in [1.807, 2.05) is 53.2 Å². The molecule has 0 atom stereocenters. The van der Waals surface area contributed by atoms with E-state index in [9.17, 15) is 5.11 Å². The Labute approximate surface area is 153 Å². The van der Waals surface area contributed by atoms with Gasteiger partial charge in [0.15, 0.2) is 0 Å². The first-order valence-corrected chi connectivity index (χ1v) is 8.65. The average molecular weight is 340 g/mol. The minimum atomic E-state index is 0.0371. The fourth-order valence-corrected chi connectivity index (χ4v) is 3.23. The Bertz CT molecular complexity index is 1050. The first-order chi connectivity index (χ1) is 12.6. The predicted molar refractivity (Wildman–Crippen MR) is 106 cm³/mol. The highest BCUT2D eigenvalue weighted by Crippen LogP contribution is 2.40. The lowest BCUT2D eigenvalue weighted by molar-refractivity contribution is 0.449. The SMILES string of the molecule is Cc1ccc(-c2c(-c3ccccc3)c(O)nn2-c2ccccc2C)cc1. The molecule has 4 rings (SSSR count). The topological polar surface area (TPSA) is 38.1 Å². The summed E-state index contributed by atoms with van der Waals surface area (Å²) in [6.45, 7) is 4.12. The Kier molecular flexibility index (Phi) is 4.05. The van der Waals surface area contributed by atoms with Crippen molar-refractivity contribution in [3.8, 4) is 34.0 Å². The summed E-state index contributed by atoms with van der Waals surface area (Å²) in [6, 6.07) is 26.3. The molecule has 26 heavy (non-hydrogen) atoms. The molecule has 1 heterocycles. The predicted octanol–water partition coefficient (Wildman–Crippen LogP) is 5.53. The first kappa shape index (κ1) is 16.2. The second-order valence-electron chi connectivity index (χ2n) is 6.48. The van der Waals surface area contributed by atoms with Gasteiger partial charge in [-0.15, -0.1) is 5.10 Å². The Balaban J connectivity index is 2.04. The van der Waals surface area contributed by atoms with Crippen LogP contribution in [0.5, 0.6) is 5.88 Å². The minimum Gasteiger partial charge on any atom is -0.492 e. The van der Waals surface area contributed by atoms with E-state index in [2.05, 4.69) is 49.3 Å². The molecule has 3 aromatic carbocycles. The van der Waals surface area contributed by atoms with Gasteiger partial charge in [0, 0.05) is 5.56 Å². The summed E-state index contributed by atoms with van der Waals surface area (Å²) in [7, 11) is 0. The molecule has 1 aromatic heterocycles. The van der Waals surface area contributed by atoms with Gasteiger partial charge in [0.1, 0.15) is 0 Å². The highest BCUT2D eigenvalue weighted by molar-refractivity contribution is 5.86. The summed E-state index contributed by atoms with van der Waals surface area (Å²) >= 11 is 0. The second kappa shape index (κ2) is 6.52. The van der Waals surface area contributed by atoms with Gasteiger partial charge in [-0.2, -0.15) is 0 Å². The number of aromatic nitrogens is 2. The van der Waals surface area contributed by atoms with Gasteiger partial charge in [0.2, 0.25) is 5.88 Å². The van der Waals surface area contributed by atoms with Crippen molar-refractivity contribution in [1.29, 1.82) is 0 Å². The third-order valence-electron chi connectivity index (χ3n) is 4.60. The lowest BCUT2D eigenvalue weighted by Crippen LogP contribution is -2.01. The molecule has 0 radical (unpaired) electrons. The largest absolute Gasteiger partial charge is 0.492 e. The lowest BCUT2D eigenvalue weighted by Gasteiger charge is -2.12. The number of aryl methyl sites for hydroxylation is 2. The first-order valence-electron chi connectivity index (χ1n) is 8.65. The fourth-order valence-electron chi connectivity index (χ4n) is 3.23. The summed E-state index contributed by atoms with van der Waals surface area (Å²) in [5.74, 6) is 0.0371. The zero-order chi connectivity index (χ0) is 18.1. The quantitative estimate of drug-likeness (QED) is 0.532. The van der Waals surface area contributed by atoms with Crippen molar-refractivity contribution in [2.75, 3.05) is 0 Å². The third kappa shape index (κ3) is 2.78. The zero-order valence-electron chi connectivity index (χ0n) is 14.8. The van der Waals surface area contributed by atoms with Gasteiger partial charge >= 0.3 is 0 Å². The van der Waals surface area contributed by atoms with Crippen LogP contribution in [0.2, 0.25) is 0 Å². The van der Waals surface area contributed by atoms with Crippen LogP contribution in [0.1, 0.15) is 11.1 Å². The van der Waals surface area contributed by atoms with Crippen LogP contribution in [0, 0.1) is 13.8 Å². The molecular formula is C23H20N2O. The monoisotopic (exact) mass is 340 g/mol. The molecule has 0 aliphatic rings. The normalized spacial score (nSPS) is 10.8. The van der Waals surface area contributed by atoms with Crippen molar-refractivity contribution >= 4 is 0 Å². The standard InChI is InChI=1S/C23H20N2O/c1-16-12-14-19(15-13-16)22-21(18-9-4-3-5-10-18)23(26)24-25(22)20-11-7-6-8-17(20)2/h3-15H,1-2H3,(H,24,26). The maximum atomic E-state index is 10.7. The van der Waals surface area contributed by atoms with Crippen molar-refractivity contribution in [3.63, 3.8) is 0 Å². The van der Waals surface area contributed by atoms with Crippen molar-refractivity contribution < 1.29 is 5.11 Å². The maximum Gasteiger partial charge on any atom is 0.239 e. The number of para-hydroxylation sites is 1. The van der Waals surface area contributed by atoms with Crippen LogP contribution >= 0.6 is 0 Å². The molecule has 0 unspecified atom stereocenters. The van der Waals surface area contributed by atoms with Crippen LogP contribution in [-0.2, 0) is 0 Å².